The van der Waals surface area contributed by atoms with E-state index in [1.54, 1.807) is 0 Å². The maximum absolute atomic E-state index is 12.4. The van der Waals surface area contributed by atoms with E-state index in [1.807, 2.05) is 0 Å². The molecule has 3 unspecified atom stereocenters. The van der Waals surface area contributed by atoms with E-state index in [0.717, 1.165) is 4.31 Å². The van der Waals surface area contributed by atoms with E-state index in [9.17, 15) is 26.7 Å². The molecule has 4 N–H and O–H groups in total. The number of aliphatic hydroxyl groups excluding tert-OH is 1. The lowest BCUT2D eigenvalue weighted by molar-refractivity contribution is -0.127. The number of carbonyl (C=O) groups excluding carboxylic acids is 1. The smallest absolute Gasteiger partial charge is 0.244 e. The Morgan fingerprint density at radius 2 is 1.73 bits per heavy atom. The van der Waals surface area contributed by atoms with Crippen LogP contribution in [0.15, 0.2) is 29.2 Å². The van der Waals surface area contributed by atoms with E-state index in [-0.39, 0.29) is 11.4 Å². The van der Waals surface area contributed by atoms with Crippen molar-refractivity contribution in [3.05, 3.63) is 29.8 Å². The molecule has 0 bridgehead atoms. The highest BCUT2D eigenvalue weighted by molar-refractivity contribution is 7.91. The molecule has 1 fully saturated rings. The molecule has 1 aromatic rings. The van der Waals surface area contributed by atoms with Gasteiger partial charge in [0.25, 0.3) is 0 Å². The van der Waals surface area contributed by atoms with E-state index in [0.29, 0.717) is 5.56 Å². The van der Waals surface area contributed by atoms with Crippen LogP contribution in [0.3, 0.4) is 0 Å². The van der Waals surface area contributed by atoms with E-state index in [2.05, 4.69) is 15.4 Å². The van der Waals surface area contributed by atoms with Gasteiger partial charge in [0, 0.05) is 26.7 Å². The molecule has 0 radical (unpaired) electrons. The third kappa shape index (κ3) is 4.39. The van der Waals surface area contributed by atoms with Gasteiger partial charge in [-0.15, -0.1) is 0 Å². The number of hydrogen-bond acceptors (Lipinski definition) is 7. The van der Waals surface area contributed by atoms with Gasteiger partial charge in [0.2, 0.25) is 26.0 Å². The van der Waals surface area contributed by atoms with Crippen molar-refractivity contribution in [2.75, 3.05) is 14.1 Å². The molecule has 3 atom stereocenters. The number of sulfonamides is 2. The molecule has 0 spiro atoms. The van der Waals surface area contributed by atoms with Gasteiger partial charge in [-0.05, 0) is 24.6 Å². The number of carbonyl (C=O) groups is 1. The Labute approximate surface area is 152 Å². The summed E-state index contributed by atoms with van der Waals surface area (Å²) in [5, 5.41) is 12.6. The number of rotatable bonds is 6. The van der Waals surface area contributed by atoms with Gasteiger partial charge in [0.15, 0.2) is 11.6 Å². The molecule has 1 aliphatic heterocycles. The fourth-order valence-corrected chi connectivity index (χ4v) is 4.91. The molecule has 0 saturated carbocycles. The van der Waals surface area contributed by atoms with E-state index in [4.69, 9.17) is 0 Å². The van der Waals surface area contributed by atoms with E-state index >= 15 is 0 Å². The summed E-state index contributed by atoms with van der Waals surface area (Å²) in [6.45, 7) is 1.37. The predicted molar refractivity (Wildman–Crippen MR) is 93.6 cm³/mol. The fourth-order valence-electron chi connectivity index (χ4n) is 2.50. The van der Waals surface area contributed by atoms with Crippen molar-refractivity contribution in [3.8, 4) is 0 Å². The topological polar surface area (TPSA) is 145 Å². The number of hydrogen-bond donors (Lipinski definition) is 4. The summed E-state index contributed by atoms with van der Waals surface area (Å²) in [7, 11) is -4.75. The lowest BCUT2D eigenvalue weighted by Crippen LogP contribution is -2.66. The Kier molecular flexibility index (Phi) is 6.05. The van der Waals surface area contributed by atoms with E-state index < -0.39 is 43.6 Å². The largest absolute Gasteiger partial charge is 0.361 e. The summed E-state index contributed by atoms with van der Waals surface area (Å²) in [5.41, 5.74) is 0.531. The first-order valence-corrected chi connectivity index (χ1v) is 10.7. The van der Waals surface area contributed by atoms with Crippen LogP contribution >= 0.6 is 0 Å². The molecule has 10 nitrogen and oxygen atoms in total. The van der Waals surface area contributed by atoms with Crippen LogP contribution in [0.25, 0.3) is 0 Å². The van der Waals surface area contributed by atoms with Crippen molar-refractivity contribution in [2.24, 2.45) is 0 Å². The summed E-state index contributed by atoms with van der Waals surface area (Å²) >= 11 is 0. The Balaban J connectivity index is 2.09. The second-order valence-electron chi connectivity index (χ2n) is 6.08. The van der Waals surface area contributed by atoms with Crippen molar-refractivity contribution in [3.63, 3.8) is 0 Å². The van der Waals surface area contributed by atoms with Crippen molar-refractivity contribution in [1.82, 2.24) is 19.7 Å². The summed E-state index contributed by atoms with van der Waals surface area (Å²) in [5.74, 6) is -0.802. The molecule has 0 aliphatic carbocycles. The zero-order valence-corrected chi connectivity index (χ0v) is 16.1. The first kappa shape index (κ1) is 20.7. The zero-order chi connectivity index (χ0) is 19.7. The molecule has 12 heteroatoms. The highest BCUT2D eigenvalue weighted by Crippen LogP contribution is 2.15. The van der Waals surface area contributed by atoms with Crippen molar-refractivity contribution < 1.29 is 26.7 Å². The number of nitrogens with zero attached hydrogens (tertiary/aromatic N) is 1. The van der Waals surface area contributed by atoms with Gasteiger partial charge in [-0.25, -0.2) is 25.9 Å². The highest BCUT2D eigenvalue weighted by Gasteiger charge is 2.41. The maximum atomic E-state index is 12.4. The molecule has 146 valence electrons. The quantitative estimate of drug-likeness (QED) is 0.432. The van der Waals surface area contributed by atoms with Gasteiger partial charge in [-0.1, -0.05) is 12.1 Å². The fraction of sp³-hybridized carbons (Fsp3) is 0.500. The lowest BCUT2D eigenvalue weighted by atomic mass is 10.2. The molecule has 1 aromatic carbocycles. The van der Waals surface area contributed by atoms with Crippen LogP contribution in [0.2, 0.25) is 0 Å². The average molecular weight is 406 g/mol. The molecule has 1 saturated heterocycles. The van der Waals surface area contributed by atoms with Gasteiger partial charge in [-0.3, -0.25) is 10.1 Å². The molecule has 26 heavy (non-hydrogen) atoms. The minimum atomic E-state index is -4.02. The minimum absolute atomic E-state index is 0.0903. The molecular formula is C14H22N4O6S2. The first-order valence-electron chi connectivity index (χ1n) is 7.69. The van der Waals surface area contributed by atoms with Gasteiger partial charge in [0.05, 0.1) is 4.90 Å². The van der Waals surface area contributed by atoms with E-state index in [1.165, 1.54) is 45.3 Å². The minimum Gasteiger partial charge on any atom is -0.361 e. The summed E-state index contributed by atoms with van der Waals surface area (Å²) in [6.07, 6.45) is -1.30. The maximum Gasteiger partial charge on any atom is 0.244 e. The molecular weight excluding hydrogens is 384 g/mol. The Morgan fingerprint density at radius 1 is 1.15 bits per heavy atom. The van der Waals surface area contributed by atoms with Gasteiger partial charge < -0.3 is 10.4 Å². The predicted octanol–water partition coefficient (Wildman–Crippen LogP) is -1.89. The van der Waals surface area contributed by atoms with Crippen LogP contribution in [0.1, 0.15) is 12.5 Å². The van der Waals surface area contributed by atoms with Gasteiger partial charge >= 0.3 is 0 Å². The molecule has 1 aliphatic rings. The second-order valence-corrected chi connectivity index (χ2v) is 10.1. The van der Waals surface area contributed by atoms with Crippen molar-refractivity contribution in [1.29, 1.82) is 0 Å². The monoisotopic (exact) mass is 406 g/mol. The van der Waals surface area contributed by atoms with Crippen molar-refractivity contribution >= 4 is 26.0 Å². The third-order valence-electron chi connectivity index (χ3n) is 3.93. The number of aliphatic hydroxyl groups is 1. The summed E-state index contributed by atoms with van der Waals surface area (Å²) < 4.78 is 52.2. The van der Waals surface area contributed by atoms with Crippen LogP contribution in [0.4, 0.5) is 0 Å². The van der Waals surface area contributed by atoms with Gasteiger partial charge in [-0.2, -0.15) is 0 Å². The number of benzene rings is 1. The first-order chi connectivity index (χ1) is 11.9. The Bertz CT molecular complexity index is 867. The normalized spacial score (nSPS) is 24.5. The van der Waals surface area contributed by atoms with Crippen LogP contribution in [0.5, 0.6) is 0 Å². The van der Waals surface area contributed by atoms with Crippen LogP contribution in [-0.2, 0) is 31.4 Å². The summed E-state index contributed by atoms with van der Waals surface area (Å²) in [4.78, 5) is 12.0. The van der Waals surface area contributed by atoms with Gasteiger partial charge in [0.1, 0.15) is 0 Å². The Morgan fingerprint density at radius 3 is 2.23 bits per heavy atom. The lowest BCUT2D eigenvalue weighted by Gasteiger charge is -2.32. The summed E-state index contributed by atoms with van der Waals surface area (Å²) in [6, 6.07) is 4.96. The number of amides is 1. The third-order valence-corrected chi connectivity index (χ3v) is 7.59. The second kappa shape index (κ2) is 7.58. The van der Waals surface area contributed by atoms with Crippen LogP contribution in [-0.4, -0.2) is 63.9 Å². The molecule has 1 heterocycles. The van der Waals surface area contributed by atoms with Crippen molar-refractivity contribution in [2.45, 2.75) is 36.0 Å². The number of nitrogens with one attached hydrogen (secondary N) is 3. The highest BCUT2D eigenvalue weighted by atomic mass is 32.2. The average Bonchev–Trinajstić information content (AvgIpc) is 2.52. The standard InChI is InChI=1S/C14H22N4O6S2/c1-9-12(13(19)17-14(20)16-9)25(21,22)15-8-10-4-6-11(7-5-10)26(23,24)18(2)3/h4-7,9,12,14-16,20H,8H2,1-3H3,(H,17,19). The SMILES string of the molecule is CC1NC(O)NC(=O)C1S(=O)(=O)NCc1ccc(S(=O)(=O)N(C)C)cc1. The molecule has 0 aromatic heterocycles. The van der Waals surface area contributed by atoms with Crippen LogP contribution in [0, 0.1) is 0 Å². The zero-order valence-electron chi connectivity index (χ0n) is 14.5. The Hall–Kier alpha value is -1.57. The molecule has 2 rings (SSSR count). The van der Waals surface area contributed by atoms with Crippen LogP contribution < -0.4 is 15.4 Å². The molecule has 1 amide bonds.